The molecule has 2 aromatic rings. The fourth-order valence-corrected chi connectivity index (χ4v) is 3.34. The van der Waals surface area contributed by atoms with E-state index in [1.54, 1.807) is 12.1 Å². The second-order valence-corrected chi connectivity index (χ2v) is 7.81. The summed E-state index contributed by atoms with van der Waals surface area (Å²) in [6.45, 7) is 7.50. The molecule has 0 atom stereocenters. The highest BCUT2D eigenvalue weighted by Gasteiger charge is 2.15. The third kappa shape index (κ3) is 5.98. The van der Waals surface area contributed by atoms with Gasteiger partial charge in [0.25, 0.3) is 5.91 Å². The van der Waals surface area contributed by atoms with Gasteiger partial charge in [0.2, 0.25) is 0 Å². The van der Waals surface area contributed by atoms with Crippen molar-refractivity contribution in [2.24, 2.45) is 5.92 Å². The number of benzene rings is 2. The van der Waals surface area contributed by atoms with Gasteiger partial charge in [-0.2, -0.15) is 0 Å². The number of anilines is 1. The van der Waals surface area contributed by atoms with E-state index in [-0.39, 0.29) is 12.5 Å². The van der Waals surface area contributed by atoms with Crippen LogP contribution >= 0.6 is 11.6 Å². The molecule has 0 saturated carbocycles. The van der Waals surface area contributed by atoms with Crippen molar-refractivity contribution in [3.05, 3.63) is 58.6 Å². The normalized spacial score (nSPS) is 15.5. The van der Waals surface area contributed by atoms with Gasteiger partial charge >= 0.3 is 0 Å². The molecule has 3 rings (SSSR count). The van der Waals surface area contributed by atoms with Crippen LogP contribution in [0.5, 0.6) is 5.75 Å². The molecule has 0 unspecified atom stereocenters. The van der Waals surface area contributed by atoms with Gasteiger partial charge in [0.15, 0.2) is 6.61 Å². The zero-order chi connectivity index (χ0) is 19.2. The topological polar surface area (TPSA) is 41.6 Å². The second-order valence-electron chi connectivity index (χ2n) is 7.40. The van der Waals surface area contributed by atoms with E-state index in [1.165, 1.54) is 31.5 Å². The number of ether oxygens (including phenoxy) is 1. The van der Waals surface area contributed by atoms with E-state index < -0.39 is 0 Å². The number of halogens is 1. The lowest BCUT2D eigenvalue weighted by Crippen LogP contribution is -2.32. The number of rotatable bonds is 6. The number of hydrogen-bond donors (Lipinski definition) is 1. The molecule has 0 aromatic heterocycles. The molecule has 2 aromatic carbocycles. The molecule has 0 spiro atoms. The van der Waals surface area contributed by atoms with Gasteiger partial charge in [0.05, 0.1) is 0 Å². The molecular formula is C22H27ClN2O2. The fraction of sp³-hybridized carbons (Fsp3) is 0.409. The number of aryl methyl sites for hydroxylation is 1. The summed E-state index contributed by atoms with van der Waals surface area (Å²) < 4.78 is 5.53. The predicted molar refractivity (Wildman–Crippen MR) is 110 cm³/mol. The van der Waals surface area contributed by atoms with E-state index in [1.807, 2.05) is 25.1 Å². The smallest absolute Gasteiger partial charge is 0.262 e. The molecule has 1 fully saturated rings. The number of amides is 1. The number of carbonyl (C=O) groups is 1. The van der Waals surface area contributed by atoms with Crippen molar-refractivity contribution >= 4 is 23.2 Å². The SMILES string of the molecule is Cc1cc(OCC(=O)Nc2ccc(CN3CCC(C)CC3)cc2)ccc1Cl. The Labute approximate surface area is 166 Å². The molecule has 27 heavy (non-hydrogen) atoms. The maximum Gasteiger partial charge on any atom is 0.262 e. The lowest BCUT2D eigenvalue weighted by molar-refractivity contribution is -0.118. The van der Waals surface area contributed by atoms with E-state index in [2.05, 4.69) is 29.3 Å². The molecule has 4 nitrogen and oxygen atoms in total. The highest BCUT2D eigenvalue weighted by molar-refractivity contribution is 6.31. The average Bonchev–Trinajstić information content (AvgIpc) is 2.66. The highest BCUT2D eigenvalue weighted by Crippen LogP contribution is 2.21. The zero-order valence-corrected chi connectivity index (χ0v) is 16.8. The van der Waals surface area contributed by atoms with Crippen LogP contribution in [-0.2, 0) is 11.3 Å². The monoisotopic (exact) mass is 386 g/mol. The number of nitrogens with one attached hydrogen (secondary N) is 1. The van der Waals surface area contributed by atoms with Crippen molar-refractivity contribution in [1.29, 1.82) is 0 Å². The van der Waals surface area contributed by atoms with Crippen LogP contribution < -0.4 is 10.1 Å². The van der Waals surface area contributed by atoms with E-state index in [0.29, 0.717) is 10.8 Å². The fourth-order valence-electron chi connectivity index (χ4n) is 3.22. The first-order valence-corrected chi connectivity index (χ1v) is 9.87. The maximum absolute atomic E-state index is 12.1. The van der Waals surface area contributed by atoms with Crippen LogP contribution in [0.3, 0.4) is 0 Å². The molecule has 1 heterocycles. The summed E-state index contributed by atoms with van der Waals surface area (Å²) in [5.74, 6) is 1.30. The van der Waals surface area contributed by atoms with E-state index in [4.69, 9.17) is 16.3 Å². The molecular weight excluding hydrogens is 360 g/mol. The first kappa shape index (κ1) is 19.7. The van der Waals surface area contributed by atoms with Crippen LogP contribution in [0, 0.1) is 12.8 Å². The molecule has 5 heteroatoms. The lowest BCUT2D eigenvalue weighted by atomic mass is 9.99. The Morgan fingerprint density at radius 3 is 2.56 bits per heavy atom. The van der Waals surface area contributed by atoms with Gasteiger partial charge in [0, 0.05) is 17.3 Å². The van der Waals surface area contributed by atoms with Crippen LogP contribution in [0.25, 0.3) is 0 Å². The number of piperidine rings is 1. The molecule has 1 aliphatic heterocycles. The van der Waals surface area contributed by atoms with E-state index in [0.717, 1.165) is 23.7 Å². The van der Waals surface area contributed by atoms with Crippen LogP contribution in [0.15, 0.2) is 42.5 Å². The van der Waals surface area contributed by atoms with E-state index >= 15 is 0 Å². The maximum atomic E-state index is 12.1. The third-order valence-electron chi connectivity index (χ3n) is 5.02. The van der Waals surface area contributed by atoms with Gasteiger partial charge in [-0.3, -0.25) is 9.69 Å². The predicted octanol–water partition coefficient (Wildman–Crippen LogP) is 4.90. The minimum atomic E-state index is -0.180. The third-order valence-corrected chi connectivity index (χ3v) is 5.44. The standard InChI is InChI=1S/C22H27ClN2O2/c1-16-9-11-25(12-10-16)14-18-3-5-19(6-4-18)24-22(26)15-27-20-7-8-21(23)17(2)13-20/h3-8,13,16H,9-12,14-15H2,1-2H3,(H,24,26). The highest BCUT2D eigenvalue weighted by atomic mass is 35.5. The lowest BCUT2D eigenvalue weighted by Gasteiger charge is -2.30. The van der Waals surface area contributed by atoms with Crippen LogP contribution in [0.2, 0.25) is 5.02 Å². The number of carbonyl (C=O) groups excluding carboxylic acids is 1. The Hall–Kier alpha value is -2.04. The summed E-state index contributed by atoms with van der Waals surface area (Å²) in [7, 11) is 0. The molecule has 0 bridgehead atoms. The van der Waals surface area contributed by atoms with Gasteiger partial charge < -0.3 is 10.1 Å². The van der Waals surface area contributed by atoms with Crippen LogP contribution in [-0.4, -0.2) is 30.5 Å². The van der Waals surface area contributed by atoms with Crippen LogP contribution in [0.1, 0.15) is 30.9 Å². The Morgan fingerprint density at radius 1 is 1.19 bits per heavy atom. The molecule has 0 radical (unpaired) electrons. The van der Waals surface area contributed by atoms with Crippen molar-refractivity contribution in [1.82, 2.24) is 4.90 Å². The largest absolute Gasteiger partial charge is 0.484 e. The zero-order valence-electron chi connectivity index (χ0n) is 16.0. The summed E-state index contributed by atoms with van der Waals surface area (Å²) in [6, 6.07) is 13.4. The summed E-state index contributed by atoms with van der Waals surface area (Å²) in [6.07, 6.45) is 2.56. The minimum absolute atomic E-state index is 0.0330. The van der Waals surface area contributed by atoms with Gasteiger partial charge in [-0.15, -0.1) is 0 Å². The van der Waals surface area contributed by atoms with Gasteiger partial charge in [-0.25, -0.2) is 0 Å². The number of nitrogens with zero attached hydrogens (tertiary/aromatic N) is 1. The first-order chi connectivity index (χ1) is 13.0. The second kappa shape index (κ2) is 9.25. The Balaban J connectivity index is 1.46. The Morgan fingerprint density at radius 2 is 1.89 bits per heavy atom. The molecule has 1 aliphatic rings. The van der Waals surface area contributed by atoms with Gasteiger partial charge in [0.1, 0.15) is 5.75 Å². The van der Waals surface area contributed by atoms with Crippen LogP contribution in [0.4, 0.5) is 5.69 Å². The minimum Gasteiger partial charge on any atom is -0.484 e. The molecule has 1 N–H and O–H groups in total. The molecule has 0 aliphatic carbocycles. The average molecular weight is 387 g/mol. The van der Waals surface area contributed by atoms with Gasteiger partial charge in [-0.1, -0.05) is 30.7 Å². The van der Waals surface area contributed by atoms with Crippen molar-refractivity contribution in [3.63, 3.8) is 0 Å². The van der Waals surface area contributed by atoms with Gasteiger partial charge in [-0.05, 0) is 80.2 Å². The molecule has 1 amide bonds. The molecule has 144 valence electrons. The van der Waals surface area contributed by atoms with E-state index in [9.17, 15) is 4.79 Å². The van der Waals surface area contributed by atoms with Crippen molar-refractivity contribution in [2.75, 3.05) is 25.0 Å². The van der Waals surface area contributed by atoms with Crippen molar-refractivity contribution in [2.45, 2.75) is 33.2 Å². The Bertz CT molecular complexity index is 768. The number of likely N-dealkylation sites (tertiary alicyclic amines) is 1. The van der Waals surface area contributed by atoms with Crippen molar-refractivity contribution in [3.8, 4) is 5.75 Å². The molecule has 1 saturated heterocycles. The summed E-state index contributed by atoms with van der Waals surface area (Å²) in [5.41, 5.74) is 2.98. The quantitative estimate of drug-likeness (QED) is 0.767. The first-order valence-electron chi connectivity index (χ1n) is 9.49. The number of hydrogen-bond acceptors (Lipinski definition) is 3. The summed E-state index contributed by atoms with van der Waals surface area (Å²) >= 11 is 5.99. The summed E-state index contributed by atoms with van der Waals surface area (Å²) in [4.78, 5) is 14.6. The van der Waals surface area contributed by atoms with Crippen molar-refractivity contribution < 1.29 is 9.53 Å². The summed E-state index contributed by atoms with van der Waals surface area (Å²) in [5, 5.41) is 3.56. The Kier molecular flexibility index (Phi) is 6.75.